The van der Waals surface area contributed by atoms with Crippen molar-refractivity contribution in [2.75, 3.05) is 6.61 Å². The predicted octanol–water partition coefficient (Wildman–Crippen LogP) is 0.0634. The predicted molar refractivity (Wildman–Crippen MR) is 26.9 cm³/mol. The fourth-order valence-corrected chi connectivity index (χ4v) is 0.866. The van der Waals surface area contributed by atoms with Crippen molar-refractivity contribution in [1.82, 2.24) is 0 Å². The van der Waals surface area contributed by atoms with E-state index in [9.17, 15) is 0 Å². The summed E-state index contributed by atoms with van der Waals surface area (Å²) >= 11 is 3.30. The Labute approximate surface area is 66.4 Å². The third-order valence-corrected chi connectivity index (χ3v) is 1.82. The molecule has 0 aliphatic carbocycles. The molecule has 1 nitrogen and oxygen atoms in total. The van der Waals surface area contributed by atoms with E-state index in [-0.39, 0.29) is 0 Å². The van der Waals surface area contributed by atoms with Gasteiger partial charge in [-0.15, -0.1) is 0 Å². The van der Waals surface area contributed by atoms with Gasteiger partial charge in [-0.3, -0.25) is 0 Å². The van der Waals surface area contributed by atoms with Crippen molar-refractivity contribution in [2.24, 2.45) is 0 Å². The Hall–Kier alpha value is 1.60. The average Bonchev–Trinajstić information content (AvgIpc) is 1.61. The Bertz CT molecular complexity index is 20.8. The van der Waals surface area contributed by atoms with Crippen molar-refractivity contribution in [2.45, 2.75) is 10.8 Å². The molecular formula is C3H6OSb2. The number of rotatable bonds is 3. The second-order valence-corrected chi connectivity index (χ2v) is 2.92. The maximum atomic E-state index is 4.84. The van der Waals surface area contributed by atoms with Crippen LogP contribution >= 0.6 is 0 Å². The summed E-state index contributed by atoms with van der Waals surface area (Å²) in [4.78, 5) is 0. The van der Waals surface area contributed by atoms with Gasteiger partial charge in [0.05, 0.1) is 0 Å². The molecule has 0 aromatic carbocycles. The van der Waals surface area contributed by atoms with Crippen molar-refractivity contribution in [3.05, 3.63) is 0 Å². The molecular weight excluding hydrogens is 296 g/mol. The molecule has 0 saturated heterocycles. The van der Waals surface area contributed by atoms with Gasteiger partial charge < -0.3 is 0 Å². The Balaban J connectivity index is 2.34. The van der Waals surface area contributed by atoms with Crippen LogP contribution in [0.15, 0.2) is 0 Å². The van der Waals surface area contributed by atoms with E-state index in [1.807, 2.05) is 23.0 Å². The molecule has 0 heterocycles. The molecule has 0 rings (SSSR count). The topological polar surface area (TPSA) is 9.23 Å². The van der Waals surface area contributed by atoms with E-state index in [0.717, 1.165) is 6.61 Å². The molecule has 0 N–H and O–H groups in total. The molecule has 0 saturated carbocycles. The Kier molecular flexibility index (Phi) is 8.35. The van der Waals surface area contributed by atoms with Crippen molar-refractivity contribution in [1.29, 1.82) is 0 Å². The van der Waals surface area contributed by atoms with E-state index < -0.39 is 0 Å². The van der Waals surface area contributed by atoms with Crippen LogP contribution in [0, 0.1) is 0 Å². The Morgan fingerprint density at radius 2 is 2.17 bits per heavy atom. The van der Waals surface area contributed by atoms with Crippen LogP contribution in [-0.2, 0) is 3.02 Å². The van der Waals surface area contributed by atoms with E-state index >= 15 is 0 Å². The van der Waals surface area contributed by atoms with Crippen LogP contribution in [-0.4, -0.2) is 53.1 Å². The van der Waals surface area contributed by atoms with Gasteiger partial charge in [0.15, 0.2) is 0 Å². The van der Waals surface area contributed by atoms with Gasteiger partial charge in [-0.1, -0.05) is 0 Å². The Morgan fingerprint density at radius 1 is 1.50 bits per heavy atom. The zero-order valence-electron chi connectivity index (χ0n) is 3.42. The average molecular weight is 302 g/mol. The van der Waals surface area contributed by atoms with Gasteiger partial charge in [0.25, 0.3) is 0 Å². The molecule has 6 heavy (non-hydrogen) atoms. The first-order valence-electron chi connectivity index (χ1n) is 1.79. The molecule has 0 amide bonds. The zero-order valence-corrected chi connectivity index (χ0v) is 8.53. The first-order valence-corrected chi connectivity index (χ1v) is 4.63. The second-order valence-electron chi connectivity index (χ2n) is 0.910. The first-order chi connectivity index (χ1) is 2.91. The van der Waals surface area contributed by atoms with E-state index in [2.05, 4.69) is 0 Å². The van der Waals surface area contributed by atoms with E-state index in [1.54, 1.807) is 0 Å². The molecule has 0 aromatic heterocycles. The van der Waals surface area contributed by atoms with Crippen molar-refractivity contribution < 1.29 is 3.02 Å². The number of hydrogen-bond acceptors (Lipinski definition) is 1. The summed E-state index contributed by atoms with van der Waals surface area (Å²) < 4.78 is 6.13. The summed E-state index contributed by atoms with van der Waals surface area (Å²) in [5, 5.41) is 0. The van der Waals surface area contributed by atoms with E-state index in [4.69, 9.17) is 3.02 Å². The third-order valence-electron chi connectivity index (χ3n) is 0.394. The summed E-state index contributed by atoms with van der Waals surface area (Å²) in [7, 11) is 0. The minimum atomic E-state index is 0.948. The van der Waals surface area contributed by atoms with Crippen LogP contribution in [0.4, 0.5) is 0 Å². The summed E-state index contributed by atoms with van der Waals surface area (Å²) in [6.45, 7) is 0.948. The molecule has 0 aliphatic heterocycles. The van der Waals surface area contributed by atoms with Crippen LogP contribution in [0.5, 0.6) is 0 Å². The van der Waals surface area contributed by atoms with Gasteiger partial charge >= 0.3 is 66.9 Å². The number of hydrogen-bond donors (Lipinski definition) is 0. The van der Waals surface area contributed by atoms with Crippen LogP contribution in [0.1, 0.15) is 6.42 Å². The molecule has 4 radical (unpaired) electrons. The summed E-state index contributed by atoms with van der Waals surface area (Å²) in [5.41, 5.74) is 0. The van der Waals surface area contributed by atoms with E-state index in [0.29, 0.717) is 0 Å². The van der Waals surface area contributed by atoms with Crippen LogP contribution in [0.25, 0.3) is 0 Å². The third kappa shape index (κ3) is 5.60. The van der Waals surface area contributed by atoms with Gasteiger partial charge in [0.2, 0.25) is 0 Å². The quantitative estimate of drug-likeness (QED) is 0.529. The SMILES string of the molecule is [Sb][CH2]CC[O][Sb]. The molecule has 0 aliphatic rings. The van der Waals surface area contributed by atoms with Gasteiger partial charge in [0.1, 0.15) is 0 Å². The fraction of sp³-hybridized carbons (Fsp3) is 1.00. The molecule has 3 heteroatoms. The molecule has 0 atom stereocenters. The van der Waals surface area contributed by atoms with Gasteiger partial charge in [-0.2, -0.15) is 0 Å². The van der Waals surface area contributed by atoms with Crippen molar-refractivity contribution in [3.63, 3.8) is 0 Å². The first kappa shape index (κ1) is 7.60. The second kappa shape index (κ2) is 6.60. The van der Waals surface area contributed by atoms with E-state index in [1.165, 1.54) is 34.2 Å². The fourth-order valence-electron chi connectivity index (χ4n) is 0.129. The normalized spacial score (nSPS) is 9.00. The van der Waals surface area contributed by atoms with Crippen LogP contribution in [0.3, 0.4) is 0 Å². The summed E-state index contributed by atoms with van der Waals surface area (Å²) in [6.07, 6.45) is 1.23. The standard InChI is InChI=1S/C3H6O.2Sb/c1-2-3-4;;/h1-3H2;;/q-1;;+1. The Morgan fingerprint density at radius 3 is 2.33 bits per heavy atom. The maximum absolute atomic E-state index is 4.84. The van der Waals surface area contributed by atoms with Gasteiger partial charge in [-0.05, 0) is 0 Å². The summed E-state index contributed by atoms with van der Waals surface area (Å²) in [5.74, 6) is 0. The molecule has 0 fully saturated rings. The van der Waals surface area contributed by atoms with Crippen LogP contribution < -0.4 is 0 Å². The zero-order chi connectivity index (χ0) is 4.83. The monoisotopic (exact) mass is 300 g/mol. The molecule has 34 valence electrons. The van der Waals surface area contributed by atoms with Gasteiger partial charge in [0, 0.05) is 0 Å². The van der Waals surface area contributed by atoms with Crippen molar-refractivity contribution in [3.8, 4) is 0 Å². The van der Waals surface area contributed by atoms with Crippen molar-refractivity contribution >= 4 is 46.5 Å². The molecule has 0 aromatic rings. The molecule has 0 unspecified atom stereocenters. The minimum absolute atomic E-state index is 0.948. The summed E-state index contributed by atoms with van der Waals surface area (Å²) in [6, 6.07) is 0. The van der Waals surface area contributed by atoms with Crippen LogP contribution in [0.2, 0.25) is 4.37 Å². The molecule has 0 spiro atoms. The molecule has 0 bridgehead atoms. The van der Waals surface area contributed by atoms with Gasteiger partial charge in [-0.25, -0.2) is 0 Å².